The molecule has 0 N–H and O–H groups in total. The Morgan fingerprint density at radius 3 is 2.67 bits per heavy atom. The SMILES string of the molecule is CCC(CC)n1ccc(CC(=O)C(C)C2CC2)n1. The fourth-order valence-corrected chi connectivity index (χ4v) is 2.54. The van der Waals surface area contributed by atoms with Crippen LogP contribution in [-0.2, 0) is 11.2 Å². The van der Waals surface area contributed by atoms with Gasteiger partial charge in [-0.25, -0.2) is 0 Å². The van der Waals surface area contributed by atoms with Crippen LogP contribution in [0.25, 0.3) is 0 Å². The second-order valence-corrected chi connectivity index (χ2v) is 5.53. The van der Waals surface area contributed by atoms with E-state index in [9.17, 15) is 4.79 Å². The number of hydrogen-bond donors (Lipinski definition) is 0. The molecule has 1 aliphatic carbocycles. The number of carbonyl (C=O) groups is 1. The Labute approximate surface area is 110 Å². The van der Waals surface area contributed by atoms with Gasteiger partial charge in [-0.3, -0.25) is 9.48 Å². The highest BCUT2D eigenvalue weighted by atomic mass is 16.1. The number of carbonyl (C=O) groups excluding carboxylic acids is 1. The van der Waals surface area contributed by atoms with Crippen molar-refractivity contribution in [3.8, 4) is 0 Å². The fourth-order valence-electron chi connectivity index (χ4n) is 2.54. The molecule has 0 spiro atoms. The van der Waals surface area contributed by atoms with E-state index in [4.69, 9.17) is 0 Å². The summed E-state index contributed by atoms with van der Waals surface area (Å²) in [6.45, 7) is 6.42. The molecule has 0 saturated heterocycles. The molecule has 0 aliphatic heterocycles. The summed E-state index contributed by atoms with van der Waals surface area (Å²) in [7, 11) is 0. The van der Waals surface area contributed by atoms with Crippen molar-refractivity contribution in [1.82, 2.24) is 9.78 Å². The first-order valence-electron chi connectivity index (χ1n) is 7.22. The summed E-state index contributed by atoms with van der Waals surface area (Å²) in [5, 5.41) is 4.55. The van der Waals surface area contributed by atoms with Gasteiger partial charge in [-0.05, 0) is 37.7 Å². The lowest BCUT2D eigenvalue weighted by molar-refractivity contribution is -0.122. The van der Waals surface area contributed by atoms with E-state index in [1.54, 1.807) is 0 Å². The highest BCUT2D eigenvalue weighted by Crippen LogP contribution is 2.37. The van der Waals surface area contributed by atoms with Gasteiger partial charge in [0, 0.05) is 12.1 Å². The molecule has 1 fully saturated rings. The molecule has 3 nitrogen and oxygen atoms in total. The monoisotopic (exact) mass is 248 g/mol. The maximum absolute atomic E-state index is 12.1. The van der Waals surface area contributed by atoms with Gasteiger partial charge in [0.1, 0.15) is 5.78 Å². The molecule has 1 heterocycles. The summed E-state index contributed by atoms with van der Waals surface area (Å²) < 4.78 is 2.02. The van der Waals surface area contributed by atoms with Crippen molar-refractivity contribution in [3.63, 3.8) is 0 Å². The van der Waals surface area contributed by atoms with E-state index in [0.29, 0.717) is 24.2 Å². The van der Waals surface area contributed by atoms with Crippen molar-refractivity contribution < 1.29 is 4.79 Å². The van der Waals surface area contributed by atoms with Gasteiger partial charge in [0.2, 0.25) is 0 Å². The molecule has 100 valence electrons. The minimum absolute atomic E-state index is 0.225. The van der Waals surface area contributed by atoms with Crippen molar-refractivity contribution >= 4 is 5.78 Å². The van der Waals surface area contributed by atoms with E-state index in [1.165, 1.54) is 12.8 Å². The molecule has 0 amide bonds. The second-order valence-electron chi connectivity index (χ2n) is 5.53. The lowest BCUT2D eigenvalue weighted by atomic mass is 9.98. The number of Topliss-reactive ketones (excluding diaryl/α,β-unsaturated/α-hetero) is 1. The summed E-state index contributed by atoms with van der Waals surface area (Å²) in [5.74, 6) is 1.23. The molecule has 1 aliphatic rings. The molecule has 0 bridgehead atoms. The Morgan fingerprint density at radius 2 is 2.11 bits per heavy atom. The number of hydrogen-bond acceptors (Lipinski definition) is 2. The van der Waals surface area contributed by atoms with E-state index < -0.39 is 0 Å². The van der Waals surface area contributed by atoms with Crippen molar-refractivity contribution in [2.45, 2.75) is 58.9 Å². The zero-order chi connectivity index (χ0) is 13.1. The van der Waals surface area contributed by atoms with Gasteiger partial charge in [-0.2, -0.15) is 5.10 Å². The van der Waals surface area contributed by atoms with Crippen molar-refractivity contribution in [3.05, 3.63) is 18.0 Å². The van der Waals surface area contributed by atoms with Gasteiger partial charge in [0.05, 0.1) is 18.2 Å². The summed E-state index contributed by atoms with van der Waals surface area (Å²) in [4.78, 5) is 12.1. The molecule has 0 aromatic carbocycles. The molecule has 0 radical (unpaired) electrons. The zero-order valence-electron chi connectivity index (χ0n) is 11.7. The van der Waals surface area contributed by atoms with Gasteiger partial charge >= 0.3 is 0 Å². The maximum Gasteiger partial charge on any atom is 0.141 e. The predicted octanol–water partition coefficient (Wildman–Crippen LogP) is 3.40. The summed E-state index contributed by atoms with van der Waals surface area (Å²) in [6.07, 6.45) is 7.16. The van der Waals surface area contributed by atoms with E-state index in [2.05, 4.69) is 25.9 Å². The van der Waals surface area contributed by atoms with Gasteiger partial charge < -0.3 is 0 Å². The molecular weight excluding hydrogens is 224 g/mol. The quantitative estimate of drug-likeness (QED) is 0.741. The molecule has 1 aromatic rings. The smallest absolute Gasteiger partial charge is 0.141 e. The van der Waals surface area contributed by atoms with Crippen LogP contribution in [0.1, 0.15) is 58.2 Å². The standard InChI is InChI=1S/C15H24N2O/c1-4-14(5-2)17-9-8-13(16-17)10-15(18)11(3)12-6-7-12/h8-9,11-12,14H,4-7,10H2,1-3H3. The van der Waals surface area contributed by atoms with Crippen LogP contribution in [0.2, 0.25) is 0 Å². The lowest BCUT2D eigenvalue weighted by Crippen LogP contribution is -2.16. The molecule has 3 heteroatoms. The second kappa shape index (κ2) is 5.68. The largest absolute Gasteiger partial charge is 0.299 e. The average molecular weight is 248 g/mol. The van der Waals surface area contributed by atoms with E-state index >= 15 is 0 Å². The normalized spacial score (nSPS) is 17.1. The molecule has 1 saturated carbocycles. The number of aromatic nitrogens is 2. The molecule has 1 unspecified atom stereocenters. The topological polar surface area (TPSA) is 34.9 Å². The Kier molecular flexibility index (Phi) is 4.20. The number of nitrogens with zero attached hydrogens (tertiary/aromatic N) is 2. The van der Waals surface area contributed by atoms with Crippen molar-refractivity contribution in [2.75, 3.05) is 0 Å². The van der Waals surface area contributed by atoms with Crippen LogP contribution >= 0.6 is 0 Å². The molecular formula is C15H24N2O. The van der Waals surface area contributed by atoms with Crippen LogP contribution in [0.3, 0.4) is 0 Å². The first kappa shape index (κ1) is 13.3. The Bertz CT molecular complexity index is 402. The fraction of sp³-hybridized carbons (Fsp3) is 0.733. The third-order valence-corrected chi connectivity index (χ3v) is 4.17. The van der Waals surface area contributed by atoms with Crippen molar-refractivity contribution in [2.24, 2.45) is 11.8 Å². The average Bonchev–Trinajstić information content (AvgIpc) is 3.12. The Hall–Kier alpha value is -1.12. The van der Waals surface area contributed by atoms with Gasteiger partial charge in [-0.15, -0.1) is 0 Å². The summed E-state index contributed by atoms with van der Waals surface area (Å²) in [6, 6.07) is 2.46. The van der Waals surface area contributed by atoms with Gasteiger partial charge in [0.25, 0.3) is 0 Å². The third kappa shape index (κ3) is 3.01. The van der Waals surface area contributed by atoms with Gasteiger partial charge in [-0.1, -0.05) is 20.8 Å². The molecule has 1 aromatic heterocycles. The Morgan fingerprint density at radius 1 is 1.44 bits per heavy atom. The Balaban J connectivity index is 1.95. The molecule has 1 atom stereocenters. The van der Waals surface area contributed by atoms with Crippen LogP contribution in [0.4, 0.5) is 0 Å². The van der Waals surface area contributed by atoms with Crippen LogP contribution in [0, 0.1) is 11.8 Å². The van der Waals surface area contributed by atoms with E-state index in [-0.39, 0.29) is 5.92 Å². The maximum atomic E-state index is 12.1. The molecule has 18 heavy (non-hydrogen) atoms. The third-order valence-electron chi connectivity index (χ3n) is 4.17. The van der Waals surface area contributed by atoms with E-state index in [0.717, 1.165) is 18.5 Å². The van der Waals surface area contributed by atoms with Crippen molar-refractivity contribution in [1.29, 1.82) is 0 Å². The van der Waals surface area contributed by atoms with Crippen LogP contribution in [-0.4, -0.2) is 15.6 Å². The summed E-state index contributed by atoms with van der Waals surface area (Å²) >= 11 is 0. The van der Waals surface area contributed by atoms with Crippen LogP contribution in [0.15, 0.2) is 12.3 Å². The highest BCUT2D eigenvalue weighted by Gasteiger charge is 2.32. The minimum Gasteiger partial charge on any atom is -0.299 e. The van der Waals surface area contributed by atoms with Crippen LogP contribution < -0.4 is 0 Å². The number of ketones is 1. The van der Waals surface area contributed by atoms with Gasteiger partial charge in [0.15, 0.2) is 0 Å². The first-order chi connectivity index (χ1) is 8.65. The minimum atomic E-state index is 0.225. The van der Waals surface area contributed by atoms with Crippen LogP contribution in [0.5, 0.6) is 0 Å². The number of rotatable bonds is 7. The van der Waals surface area contributed by atoms with E-state index in [1.807, 2.05) is 16.9 Å². The molecule has 2 rings (SSSR count). The zero-order valence-corrected chi connectivity index (χ0v) is 11.7. The predicted molar refractivity (Wildman–Crippen MR) is 72.4 cm³/mol. The first-order valence-corrected chi connectivity index (χ1v) is 7.22. The summed E-state index contributed by atoms with van der Waals surface area (Å²) in [5.41, 5.74) is 0.930. The highest BCUT2D eigenvalue weighted by molar-refractivity contribution is 5.83. The lowest BCUT2D eigenvalue weighted by Gasteiger charge is -2.12.